The quantitative estimate of drug-likeness (QED) is 0.257. The van der Waals surface area contributed by atoms with Gasteiger partial charge in [0.25, 0.3) is 0 Å². The van der Waals surface area contributed by atoms with E-state index in [0.29, 0.717) is 29.7 Å². The zero-order chi connectivity index (χ0) is 22.2. The predicted molar refractivity (Wildman–Crippen MR) is 122 cm³/mol. The zero-order valence-electron chi connectivity index (χ0n) is 17.2. The van der Waals surface area contributed by atoms with Crippen molar-refractivity contribution in [1.29, 1.82) is 0 Å². The third kappa shape index (κ3) is 3.79. The lowest BCUT2D eigenvalue weighted by atomic mass is 10.1. The van der Waals surface area contributed by atoms with E-state index in [1.54, 1.807) is 12.3 Å². The summed E-state index contributed by atoms with van der Waals surface area (Å²) in [5.74, 6) is 0.996. The maximum atomic E-state index is 10.5. The van der Waals surface area contributed by atoms with Crippen LogP contribution in [0.5, 0.6) is 0 Å². The van der Waals surface area contributed by atoms with Crippen molar-refractivity contribution in [2.24, 2.45) is 5.92 Å². The largest absolute Gasteiger partial charge is 0.396 e. The highest BCUT2D eigenvalue weighted by Crippen LogP contribution is 2.38. The fourth-order valence-electron chi connectivity index (χ4n) is 4.04. The number of hydrogen-bond donors (Lipinski definition) is 6. The standard InChI is InChI=1S/C21H23N7O3S/c1-10-16(20-25-12-4-2-3-5-14(12)32-20)19(24-13-8-11(9-29)17(30)18(13)31)27-21(23-10)26-15-6-7-22-28-15/h2-7,11,13,17-18,29-31H,8-9H2,1H3,(H3,22,23,24,26,27,28)/t11-,13-,17-,18+/m1/s1. The number of aryl methyl sites for hydroxylation is 1. The lowest BCUT2D eigenvalue weighted by Crippen LogP contribution is -2.35. The van der Waals surface area contributed by atoms with E-state index in [2.05, 4.69) is 30.8 Å². The van der Waals surface area contributed by atoms with Crippen LogP contribution in [0.25, 0.3) is 20.8 Å². The van der Waals surface area contributed by atoms with Gasteiger partial charge in [-0.15, -0.1) is 11.3 Å². The van der Waals surface area contributed by atoms with E-state index in [9.17, 15) is 15.3 Å². The molecule has 0 radical (unpaired) electrons. The van der Waals surface area contributed by atoms with Crippen molar-refractivity contribution in [2.45, 2.75) is 31.6 Å². The van der Waals surface area contributed by atoms with Crippen molar-refractivity contribution >= 4 is 39.1 Å². The highest BCUT2D eigenvalue weighted by atomic mass is 32.1. The lowest BCUT2D eigenvalue weighted by Gasteiger charge is -2.21. The molecule has 1 aromatic carbocycles. The number of aliphatic hydroxyl groups is 3. The Bertz CT molecular complexity index is 1200. The molecule has 6 N–H and O–H groups in total. The van der Waals surface area contributed by atoms with Gasteiger partial charge < -0.3 is 26.0 Å². The fourth-order valence-corrected chi connectivity index (χ4v) is 5.10. The number of anilines is 3. The third-order valence-corrected chi connectivity index (χ3v) is 6.75. The number of aromatic amines is 1. The average Bonchev–Trinajstić information content (AvgIpc) is 3.49. The number of fused-ring (bicyclic) bond motifs is 1. The first-order valence-electron chi connectivity index (χ1n) is 10.3. The minimum absolute atomic E-state index is 0.199. The molecule has 0 bridgehead atoms. The maximum Gasteiger partial charge on any atom is 0.230 e. The highest BCUT2D eigenvalue weighted by Gasteiger charge is 2.41. The normalized spacial score (nSPS) is 23.0. The van der Waals surface area contributed by atoms with E-state index in [0.717, 1.165) is 20.8 Å². The van der Waals surface area contributed by atoms with Gasteiger partial charge in [-0.25, -0.2) is 9.97 Å². The summed E-state index contributed by atoms with van der Waals surface area (Å²) < 4.78 is 1.04. The Kier molecular flexibility index (Phi) is 5.47. The van der Waals surface area contributed by atoms with Gasteiger partial charge >= 0.3 is 0 Å². The second-order valence-corrected chi connectivity index (χ2v) is 8.87. The molecule has 3 heterocycles. The molecule has 0 spiro atoms. The smallest absolute Gasteiger partial charge is 0.230 e. The van der Waals surface area contributed by atoms with Gasteiger partial charge in [0.05, 0.1) is 33.6 Å². The summed E-state index contributed by atoms with van der Waals surface area (Å²) in [6, 6.07) is 9.15. The summed E-state index contributed by atoms with van der Waals surface area (Å²) in [4.78, 5) is 14.0. The van der Waals surface area contributed by atoms with E-state index < -0.39 is 24.2 Å². The monoisotopic (exact) mass is 453 g/mol. The molecular formula is C21H23N7O3S. The summed E-state index contributed by atoms with van der Waals surface area (Å²) in [5, 5.41) is 44.2. The second-order valence-electron chi connectivity index (χ2n) is 7.84. The van der Waals surface area contributed by atoms with Gasteiger partial charge in [-0.2, -0.15) is 10.1 Å². The molecule has 10 nitrogen and oxygen atoms in total. The maximum absolute atomic E-state index is 10.5. The number of aliphatic hydroxyl groups excluding tert-OH is 3. The molecule has 32 heavy (non-hydrogen) atoms. The number of thiazole rings is 1. The van der Waals surface area contributed by atoms with Crippen molar-refractivity contribution in [3.63, 3.8) is 0 Å². The topological polar surface area (TPSA) is 152 Å². The lowest BCUT2D eigenvalue weighted by molar-refractivity contribution is 0.00446. The number of aromatic nitrogens is 5. The number of para-hydroxylation sites is 1. The van der Waals surface area contributed by atoms with Crippen LogP contribution >= 0.6 is 11.3 Å². The minimum Gasteiger partial charge on any atom is -0.396 e. The predicted octanol–water partition coefficient (Wildman–Crippen LogP) is 2.04. The van der Waals surface area contributed by atoms with Crippen molar-refractivity contribution in [1.82, 2.24) is 25.1 Å². The Balaban J connectivity index is 1.57. The second kappa shape index (κ2) is 8.43. The zero-order valence-corrected chi connectivity index (χ0v) is 18.0. The number of nitrogens with one attached hydrogen (secondary N) is 3. The molecule has 0 amide bonds. The molecule has 1 fully saturated rings. The van der Waals surface area contributed by atoms with Crippen molar-refractivity contribution in [2.75, 3.05) is 17.2 Å². The molecule has 11 heteroatoms. The molecule has 1 aliphatic carbocycles. The van der Waals surface area contributed by atoms with E-state index in [1.165, 1.54) is 11.3 Å². The van der Waals surface area contributed by atoms with E-state index in [1.807, 2.05) is 31.2 Å². The molecule has 0 saturated heterocycles. The van der Waals surface area contributed by atoms with Crippen LogP contribution in [-0.4, -0.2) is 65.3 Å². The Labute approximate surface area is 187 Å². The molecule has 0 unspecified atom stereocenters. The van der Waals surface area contributed by atoms with Gasteiger partial charge in [-0.05, 0) is 25.5 Å². The summed E-state index contributed by atoms with van der Waals surface area (Å²) in [7, 11) is 0. The Morgan fingerprint density at radius 1 is 1.12 bits per heavy atom. The summed E-state index contributed by atoms with van der Waals surface area (Å²) in [6.45, 7) is 1.68. The number of benzene rings is 1. The minimum atomic E-state index is -1.03. The molecule has 1 aliphatic rings. The Morgan fingerprint density at radius 3 is 2.69 bits per heavy atom. The Hall–Kier alpha value is -3.12. The van der Waals surface area contributed by atoms with E-state index in [-0.39, 0.29) is 6.61 Å². The molecule has 4 aromatic rings. The molecule has 166 valence electrons. The molecule has 3 aromatic heterocycles. The molecular weight excluding hydrogens is 430 g/mol. The summed E-state index contributed by atoms with van der Waals surface area (Å²) in [6.07, 6.45) is 0.0553. The van der Waals surface area contributed by atoms with Crippen LogP contribution in [0.15, 0.2) is 36.5 Å². The molecule has 4 atom stereocenters. The first-order valence-corrected chi connectivity index (χ1v) is 11.1. The van der Waals surface area contributed by atoms with Gasteiger partial charge in [-0.3, -0.25) is 5.10 Å². The van der Waals surface area contributed by atoms with Crippen LogP contribution in [0, 0.1) is 12.8 Å². The summed E-state index contributed by atoms with van der Waals surface area (Å²) >= 11 is 1.53. The fraction of sp³-hybridized carbons (Fsp3) is 0.333. The first kappa shape index (κ1) is 20.8. The first-order chi connectivity index (χ1) is 15.5. The number of hydrogen-bond acceptors (Lipinski definition) is 10. The van der Waals surface area contributed by atoms with Crippen LogP contribution in [0.3, 0.4) is 0 Å². The van der Waals surface area contributed by atoms with Gasteiger partial charge in [0.2, 0.25) is 5.95 Å². The molecule has 0 aliphatic heterocycles. The van der Waals surface area contributed by atoms with Crippen molar-refractivity contribution < 1.29 is 15.3 Å². The van der Waals surface area contributed by atoms with Gasteiger partial charge in [0.15, 0.2) is 5.82 Å². The number of rotatable bonds is 6. The van der Waals surface area contributed by atoms with E-state index >= 15 is 0 Å². The molecule has 1 saturated carbocycles. The number of H-pyrrole nitrogens is 1. The van der Waals surface area contributed by atoms with Gasteiger partial charge in [0, 0.05) is 24.8 Å². The van der Waals surface area contributed by atoms with Crippen LogP contribution in [-0.2, 0) is 0 Å². The van der Waals surface area contributed by atoms with Gasteiger partial charge in [-0.1, -0.05) is 12.1 Å². The van der Waals surface area contributed by atoms with Crippen LogP contribution in [0.2, 0.25) is 0 Å². The van der Waals surface area contributed by atoms with Crippen LogP contribution < -0.4 is 10.6 Å². The SMILES string of the molecule is Cc1nc(Nc2cc[nH]n2)nc(N[C@@H]2C[C@H](CO)[C@@H](O)[C@H]2O)c1-c1nc2ccccc2s1. The van der Waals surface area contributed by atoms with Crippen molar-refractivity contribution in [3.05, 3.63) is 42.2 Å². The van der Waals surface area contributed by atoms with E-state index in [4.69, 9.17) is 4.98 Å². The average molecular weight is 454 g/mol. The third-order valence-electron chi connectivity index (χ3n) is 5.70. The Morgan fingerprint density at radius 2 is 1.97 bits per heavy atom. The highest BCUT2D eigenvalue weighted by molar-refractivity contribution is 7.21. The molecule has 5 rings (SSSR count). The number of nitrogens with zero attached hydrogens (tertiary/aromatic N) is 4. The van der Waals surface area contributed by atoms with Crippen LogP contribution in [0.1, 0.15) is 12.1 Å². The van der Waals surface area contributed by atoms with Crippen molar-refractivity contribution in [3.8, 4) is 10.6 Å². The van der Waals surface area contributed by atoms with Crippen LogP contribution in [0.4, 0.5) is 17.6 Å². The summed E-state index contributed by atoms with van der Waals surface area (Å²) in [5.41, 5.74) is 2.31. The van der Waals surface area contributed by atoms with Gasteiger partial charge in [0.1, 0.15) is 16.9 Å².